The predicted molar refractivity (Wildman–Crippen MR) is 89.3 cm³/mol. The number of nitrogens with zero attached hydrogens (tertiary/aromatic N) is 1. The first-order chi connectivity index (χ1) is 11.2. The second kappa shape index (κ2) is 7.35. The average Bonchev–Trinajstić information content (AvgIpc) is 3.25. The maximum absolute atomic E-state index is 11.7. The first kappa shape index (κ1) is 15.6. The Bertz CT molecular complexity index is 545. The van der Waals surface area contributed by atoms with Crippen molar-refractivity contribution in [2.75, 3.05) is 31.1 Å². The van der Waals surface area contributed by atoms with Crippen LogP contribution in [-0.4, -0.2) is 44.2 Å². The molecular formula is C17H24N4O2. The van der Waals surface area contributed by atoms with E-state index in [4.69, 9.17) is 0 Å². The smallest absolute Gasteiger partial charge is 0.315 e. The average molecular weight is 316 g/mol. The van der Waals surface area contributed by atoms with Gasteiger partial charge in [0.15, 0.2) is 0 Å². The molecule has 2 fully saturated rings. The third-order valence-corrected chi connectivity index (χ3v) is 4.31. The number of amides is 3. The van der Waals surface area contributed by atoms with Gasteiger partial charge in [-0.05, 0) is 37.3 Å². The molecule has 6 nitrogen and oxygen atoms in total. The van der Waals surface area contributed by atoms with Crippen LogP contribution < -0.4 is 20.9 Å². The molecule has 3 rings (SSSR count). The van der Waals surface area contributed by atoms with E-state index in [0.29, 0.717) is 18.5 Å². The molecule has 3 amide bonds. The fourth-order valence-corrected chi connectivity index (χ4v) is 2.84. The van der Waals surface area contributed by atoms with Gasteiger partial charge in [-0.1, -0.05) is 18.2 Å². The lowest BCUT2D eigenvalue weighted by molar-refractivity contribution is -0.120. The van der Waals surface area contributed by atoms with Gasteiger partial charge in [0.25, 0.3) is 0 Å². The molecule has 124 valence electrons. The van der Waals surface area contributed by atoms with Gasteiger partial charge in [-0.25, -0.2) is 4.79 Å². The maximum Gasteiger partial charge on any atom is 0.315 e. The summed E-state index contributed by atoms with van der Waals surface area (Å²) in [6, 6.07) is 10.4. The minimum absolute atomic E-state index is 0.0448. The molecule has 0 spiro atoms. The van der Waals surface area contributed by atoms with Crippen molar-refractivity contribution in [3.63, 3.8) is 0 Å². The Hall–Kier alpha value is -2.24. The SMILES string of the molecule is O=C(CNC(=O)NCC1CCN(c2ccccc2)C1)NC1CC1. The summed E-state index contributed by atoms with van der Waals surface area (Å²) in [5, 5.41) is 8.31. The Kier molecular flexibility index (Phi) is 5.00. The van der Waals surface area contributed by atoms with Gasteiger partial charge >= 0.3 is 6.03 Å². The molecule has 0 aromatic heterocycles. The number of benzene rings is 1. The van der Waals surface area contributed by atoms with E-state index in [2.05, 4.69) is 33.0 Å². The molecule has 3 N–H and O–H groups in total. The number of hydrogen-bond donors (Lipinski definition) is 3. The van der Waals surface area contributed by atoms with Gasteiger partial charge < -0.3 is 20.9 Å². The molecule has 1 aromatic rings. The number of carbonyl (C=O) groups excluding carboxylic acids is 2. The molecule has 1 aliphatic carbocycles. The van der Waals surface area contributed by atoms with E-state index in [1.165, 1.54) is 5.69 Å². The standard InChI is InChI=1S/C17H24N4O2/c22-16(20-14-6-7-14)11-19-17(23)18-10-13-8-9-21(12-13)15-4-2-1-3-5-15/h1-5,13-14H,6-12H2,(H,20,22)(H2,18,19,23). The summed E-state index contributed by atoms with van der Waals surface area (Å²) in [5.74, 6) is 0.333. The van der Waals surface area contributed by atoms with E-state index in [1.807, 2.05) is 18.2 Å². The minimum atomic E-state index is -0.269. The molecule has 1 unspecified atom stereocenters. The Morgan fingerprint density at radius 1 is 1.09 bits per heavy atom. The maximum atomic E-state index is 11.7. The zero-order valence-corrected chi connectivity index (χ0v) is 13.3. The minimum Gasteiger partial charge on any atom is -0.371 e. The summed E-state index contributed by atoms with van der Waals surface area (Å²) in [6.07, 6.45) is 3.17. The first-order valence-electron chi connectivity index (χ1n) is 8.32. The fourth-order valence-electron chi connectivity index (χ4n) is 2.84. The Labute approximate surface area is 136 Å². The van der Waals surface area contributed by atoms with E-state index in [1.54, 1.807) is 0 Å². The topological polar surface area (TPSA) is 73.5 Å². The highest BCUT2D eigenvalue weighted by atomic mass is 16.2. The molecule has 0 bridgehead atoms. The van der Waals surface area contributed by atoms with Gasteiger partial charge in [-0.15, -0.1) is 0 Å². The largest absolute Gasteiger partial charge is 0.371 e. The molecule has 1 saturated carbocycles. The van der Waals surface area contributed by atoms with Crippen LogP contribution in [-0.2, 0) is 4.79 Å². The second-order valence-electron chi connectivity index (χ2n) is 6.34. The lowest BCUT2D eigenvalue weighted by Crippen LogP contribution is -2.44. The highest BCUT2D eigenvalue weighted by Gasteiger charge is 2.24. The van der Waals surface area contributed by atoms with Crippen LogP contribution in [0.25, 0.3) is 0 Å². The normalized spacial score (nSPS) is 20.2. The highest BCUT2D eigenvalue weighted by molar-refractivity contribution is 5.84. The molecular weight excluding hydrogens is 292 g/mol. The van der Waals surface area contributed by atoms with Gasteiger partial charge in [-0.3, -0.25) is 4.79 Å². The van der Waals surface area contributed by atoms with Crippen molar-refractivity contribution >= 4 is 17.6 Å². The van der Waals surface area contributed by atoms with Crippen LogP contribution >= 0.6 is 0 Å². The fraction of sp³-hybridized carbons (Fsp3) is 0.529. The van der Waals surface area contributed by atoms with Crippen molar-refractivity contribution in [2.24, 2.45) is 5.92 Å². The van der Waals surface area contributed by atoms with Crippen LogP contribution in [0, 0.1) is 5.92 Å². The molecule has 0 radical (unpaired) electrons. The Morgan fingerprint density at radius 3 is 2.61 bits per heavy atom. The van der Waals surface area contributed by atoms with E-state index >= 15 is 0 Å². The number of nitrogens with one attached hydrogen (secondary N) is 3. The number of anilines is 1. The third kappa shape index (κ3) is 4.87. The molecule has 23 heavy (non-hydrogen) atoms. The van der Waals surface area contributed by atoms with Gasteiger partial charge in [-0.2, -0.15) is 0 Å². The molecule has 2 aliphatic rings. The van der Waals surface area contributed by atoms with Crippen LogP contribution in [0.2, 0.25) is 0 Å². The summed E-state index contributed by atoms with van der Waals surface area (Å²) in [5.41, 5.74) is 1.23. The van der Waals surface area contributed by atoms with Gasteiger partial charge in [0, 0.05) is 31.4 Å². The molecule has 1 saturated heterocycles. The van der Waals surface area contributed by atoms with Crippen LogP contribution in [0.4, 0.5) is 10.5 Å². The van der Waals surface area contributed by atoms with Gasteiger partial charge in [0.05, 0.1) is 6.54 Å². The number of urea groups is 1. The molecule has 1 aliphatic heterocycles. The quantitative estimate of drug-likeness (QED) is 0.735. The summed E-state index contributed by atoms with van der Waals surface area (Å²) >= 11 is 0. The molecule has 1 atom stereocenters. The predicted octanol–water partition coefficient (Wildman–Crippen LogP) is 1.09. The number of para-hydroxylation sites is 1. The zero-order valence-electron chi connectivity index (χ0n) is 13.3. The Morgan fingerprint density at radius 2 is 1.87 bits per heavy atom. The second-order valence-corrected chi connectivity index (χ2v) is 6.34. The van der Waals surface area contributed by atoms with Gasteiger partial charge in [0.1, 0.15) is 0 Å². The summed E-state index contributed by atoms with van der Waals surface area (Å²) in [4.78, 5) is 25.6. The van der Waals surface area contributed by atoms with Crippen molar-refractivity contribution in [1.29, 1.82) is 0 Å². The highest BCUT2D eigenvalue weighted by Crippen LogP contribution is 2.22. The zero-order chi connectivity index (χ0) is 16.1. The Balaban J connectivity index is 1.32. The monoisotopic (exact) mass is 316 g/mol. The molecule has 1 heterocycles. The van der Waals surface area contributed by atoms with Crippen molar-refractivity contribution in [3.05, 3.63) is 30.3 Å². The van der Waals surface area contributed by atoms with E-state index in [0.717, 1.165) is 32.4 Å². The summed E-state index contributed by atoms with van der Waals surface area (Å²) in [6.45, 7) is 2.65. The first-order valence-corrected chi connectivity index (χ1v) is 8.32. The lowest BCUT2D eigenvalue weighted by atomic mass is 10.1. The summed E-state index contributed by atoms with van der Waals surface area (Å²) < 4.78 is 0. The van der Waals surface area contributed by atoms with E-state index in [9.17, 15) is 9.59 Å². The van der Waals surface area contributed by atoms with E-state index < -0.39 is 0 Å². The van der Waals surface area contributed by atoms with E-state index in [-0.39, 0.29) is 18.5 Å². The summed E-state index contributed by atoms with van der Waals surface area (Å²) in [7, 11) is 0. The number of hydrogen-bond acceptors (Lipinski definition) is 3. The van der Waals surface area contributed by atoms with Crippen LogP contribution in [0.3, 0.4) is 0 Å². The van der Waals surface area contributed by atoms with Crippen LogP contribution in [0.5, 0.6) is 0 Å². The van der Waals surface area contributed by atoms with Crippen molar-refractivity contribution in [1.82, 2.24) is 16.0 Å². The lowest BCUT2D eigenvalue weighted by Gasteiger charge is -2.18. The number of carbonyl (C=O) groups is 2. The number of rotatable bonds is 6. The van der Waals surface area contributed by atoms with Gasteiger partial charge in [0.2, 0.25) is 5.91 Å². The van der Waals surface area contributed by atoms with Crippen LogP contribution in [0.15, 0.2) is 30.3 Å². The van der Waals surface area contributed by atoms with Crippen LogP contribution in [0.1, 0.15) is 19.3 Å². The van der Waals surface area contributed by atoms with Crippen molar-refractivity contribution < 1.29 is 9.59 Å². The van der Waals surface area contributed by atoms with Crippen molar-refractivity contribution in [3.8, 4) is 0 Å². The molecule has 6 heteroatoms. The molecule has 1 aromatic carbocycles. The van der Waals surface area contributed by atoms with Crippen molar-refractivity contribution in [2.45, 2.75) is 25.3 Å². The third-order valence-electron chi connectivity index (χ3n) is 4.31.